The molecule has 0 aliphatic carbocycles. The van der Waals surface area contributed by atoms with Gasteiger partial charge >= 0.3 is 0 Å². The van der Waals surface area contributed by atoms with Crippen molar-refractivity contribution in [1.29, 1.82) is 0 Å². The molecule has 1 aromatic rings. The van der Waals surface area contributed by atoms with Crippen LogP contribution in [-0.4, -0.2) is 50.2 Å². The number of rotatable bonds is 2. The number of piperazine rings is 1. The molecular weight excluding hydrogens is 222 g/mol. The summed E-state index contributed by atoms with van der Waals surface area (Å²) < 4.78 is 0. The third-order valence-corrected chi connectivity index (χ3v) is 4.22. The summed E-state index contributed by atoms with van der Waals surface area (Å²) in [4.78, 5) is 5.18. The molecule has 3 heteroatoms. The number of nitrogens with one attached hydrogen (secondary N) is 1. The van der Waals surface area contributed by atoms with E-state index in [-0.39, 0.29) is 0 Å². The van der Waals surface area contributed by atoms with Gasteiger partial charge in [-0.25, -0.2) is 0 Å². The summed E-state index contributed by atoms with van der Waals surface area (Å²) in [6.45, 7) is 7.15. The fourth-order valence-corrected chi connectivity index (χ4v) is 3.13. The van der Waals surface area contributed by atoms with Crippen molar-refractivity contribution in [3.8, 4) is 0 Å². The zero-order chi connectivity index (χ0) is 12.2. The Kier molecular flexibility index (Phi) is 3.81. The first kappa shape index (κ1) is 12.0. The number of hydrogen-bond donors (Lipinski definition) is 1. The molecule has 0 bridgehead atoms. The summed E-state index contributed by atoms with van der Waals surface area (Å²) >= 11 is 0. The van der Waals surface area contributed by atoms with Gasteiger partial charge < -0.3 is 10.2 Å². The van der Waals surface area contributed by atoms with E-state index < -0.39 is 0 Å². The maximum Gasteiger partial charge on any atom is 0.0367 e. The van der Waals surface area contributed by atoms with E-state index in [2.05, 4.69) is 45.4 Å². The van der Waals surface area contributed by atoms with Crippen LogP contribution in [0.5, 0.6) is 0 Å². The molecule has 2 aliphatic rings. The minimum absolute atomic E-state index is 0.775. The van der Waals surface area contributed by atoms with Gasteiger partial charge in [0.15, 0.2) is 0 Å². The zero-order valence-electron chi connectivity index (χ0n) is 11.0. The van der Waals surface area contributed by atoms with Gasteiger partial charge in [0.25, 0.3) is 0 Å². The lowest BCUT2D eigenvalue weighted by molar-refractivity contribution is 0.157. The molecule has 2 saturated heterocycles. The van der Waals surface area contributed by atoms with Crippen LogP contribution in [0.1, 0.15) is 12.8 Å². The van der Waals surface area contributed by atoms with E-state index in [1.54, 1.807) is 0 Å². The summed E-state index contributed by atoms with van der Waals surface area (Å²) in [5, 5.41) is 3.52. The van der Waals surface area contributed by atoms with Gasteiger partial charge in [-0.2, -0.15) is 0 Å². The topological polar surface area (TPSA) is 18.5 Å². The largest absolute Gasteiger partial charge is 0.369 e. The van der Waals surface area contributed by atoms with Crippen LogP contribution >= 0.6 is 0 Å². The minimum atomic E-state index is 0.775. The van der Waals surface area contributed by atoms with Crippen molar-refractivity contribution in [2.75, 3.05) is 44.2 Å². The lowest BCUT2D eigenvalue weighted by Gasteiger charge is -2.41. The van der Waals surface area contributed by atoms with Gasteiger partial charge in [0.1, 0.15) is 0 Å². The lowest BCUT2D eigenvalue weighted by atomic mass is 10.0. The van der Waals surface area contributed by atoms with Gasteiger partial charge in [-0.1, -0.05) is 18.2 Å². The molecule has 18 heavy (non-hydrogen) atoms. The number of nitrogens with zero attached hydrogens (tertiary/aromatic N) is 2. The van der Waals surface area contributed by atoms with E-state index >= 15 is 0 Å². The van der Waals surface area contributed by atoms with E-state index in [1.165, 1.54) is 57.8 Å². The van der Waals surface area contributed by atoms with E-state index in [1.807, 2.05) is 0 Å². The second-order valence-electron chi connectivity index (χ2n) is 5.36. The molecule has 2 heterocycles. The highest BCUT2D eigenvalue weighted by Crippen LogP contribution is 2.18. The van der Waals surface area contributed by atoms with Gasteiger partial charge in [-0.3, -0.25) is 4.90 Å². The molecule has 1 atom stereocenters. The van der Waals surface area contributed by atoms with Crippen LogP contribution in [0.15, 0.2) is 30.3 Å². The van der Waals surface area contributed by atoms with Crippen molar-refractivity contribution >= 4 is 5.69 Å². The molecule has 2 fully saturated rings. The molecule has 98 valence electrons. The Morgan fingerprint density at radius 2 is 1.78 bits per heavy atom. The van der Waals surface area contributed by atoms with Crippen LogP contribution in [-0.2, 0) is 0 Å². The van der Waals surface area contributed by atoms with Crippen molar-refractivity contribution in [2.24, 2.45) is 0 Å². The first-order valence-electron chi connectivity index (χ1n) is 7.18. The SMILES string of the molecule is c1ccc(N2CCN([C@@H]3CCCNC3)CC2)cc1. The monoisotopic (exact) mass is 245 g/mol. The predicted molar refractivity (Wildman–Crippen MR) is 76.1 cm³/mol. The molecular formula is C15H23N3. The molecule has 2 aliphatic heterocycles. The standard InChI is InChI=1S/C15H23N3/c1-2-5-14(6-3-1)17-9-11-18(12-10-17)15-7-4-8-16-13-15/h1-3,5-6,15-16H,4,7-13H2/t15-/m1/s1. The smallest absolute Gasteiger partial charge is 0.0367 e. The Morgan fingerprint density at radius 1 is 1.00 bits per heavy atom. The number of benzene rings is 1. The number of piperidine rings is 1. The van der Waals surface area contributed by atoms with E-state index in [0.717, 1.165) is 6.04 Å². The van der Waals surface area contributed by atoms with Crippen molar-refractivity contribution in [1.82, 2.24) is 10.2 Å². The average Bonchev–Trinajstić information content (AvgIpc) is 2.49. The van der Waals surface area contributed by atoms with Gasteiger partial charge in [0.05, 0.1) is 0 Å². The highest BCUT2D eigenvalue weighted by atomic mass is 15.3. The number of anilines is 1. The molecule has 0 unspecified atom stereocenters. The Morgan fingerprint density at radius 3 is 2.44 bits per heavy atom. The number of hydrogen-bond acceptors (Lipinski definition) is 3. The Bertz CT molecular complexity index is 351. The molecule has 0 saturated carbocycles. The lowest BCUT2D eigenvalue weighted by Crippen LogP contribution is -2.54. The second kappa shape index (κ2) is 5.72. The fraction of sp³-hybridized carbons (Fsp3) is 0.600. The third-order valence-electron chi connectivity index (χ3n) is 4.22. The maximum atomic E-state index is 3.52. The first-order valence-corrected chi connectivity index (χ1v) is 7.18. The van der Waals surface area contributed by atoms with Crippen molar-refractivity contribution < 1.29 is 0 Å². The van der Waals surface area contributed by atoms with E-state index in [0.29, 0.717) is 0 Å². The third kappa shape index (κ3) is 2.68. The zero-order valence-corrected chi connectivity index (χ0v) is 11.0. The predicted octanol–water partition coefficient (Wildman–Crippen LogP) is 1.56. The summed E-state index contributed by atoms with van der Waals surface area (Å²) in [5.41, 5.74) is 1.37. The molecule has 0 radical (unpaired) electrons. The minimum Gasteiger partial charge on any atom is -0.369 e. The molecule has 0 spiro atoms. The Labute approximate surface area is 110 Å². The Hall–Kier alpha value is -1.06. The highest BCUT2D eigenvalue weighted by molar-refractivity contribution is 5.46. The van der Waals surface area contributed by atoms with Gasteiger partial charge in [0.2, 0.25) is 0 Å². The first-order chi connectivity index (χ1) is 8.93. The van der Waals surface area contributed by atoms with Crippen molar-refractivity contribution in [3.63, 3.8) is 0 Å². The summed E-state index contributed by atoms with van der Waals surface area (Å²) in [6.07, 6.45) is 2.71. The number of para-hydroxylation sites is 1. The molecule has 3 nitrogen and oxygen atoms in total. The fourth-order valence-electron chi connectivity index (χ4n) is 3.13. The molecule has 1 aromatic carbocycles. The molecule has 0 amide bonds. The highest BCUT2D eigenvalue weighted by Gasteiger charge is 2.24. The van der Waals surface area contributed by atoms with Crippen LogP contribution in [0.25, 0.3) is 0 Å². The maximum absolute atomic E-state index is 3.52. The quantitative estimate of drug-likeness (QED) is 0.853. The van der Waals surface area contributed by atoms with Crippen LogP contribution < -0.4 is 10.2 Å². The van der Waals surface area contributed by atoms with Crippen molar-refractivity contribution in [3.05, 3.63) is 30.3 Å². The van der Waals surface area contributed by atoms with Gasteiger partial charge in [-0.05, 0) is 31.5 Å². The summed E-state index contributed by atoms with van der Waals surface area (Å²) in [6, 6.07) is 11.6. The van der Waals surface area contributed by atoms with E-state index in [9.17, 15) is 0 Å². The van der Waals surface area contributed by atoms with Gasteiger partial charge in [0, 0.05) is 44.5 Å². The van der Waals surface area contributed by atoms with Crippen LogP contribution in [0.4, 0.5) is 5.69 Å². The normalized spacial score (nSPS) is 26.2. The van der Waals surface area contributed by atoms with Crippen molar-refractivity contribution in [2.45, 2.75) is 18.9 Å². The second-order valence-corrected chi connectivity index (χ2v) is 5.36. The van der Waals surface area contributed by atoms with Gasteiger partial charge in [-0.15, -0.1) is 0 Å². The molecule has 3 rings (SSSR count). The summed E-state index contributed by atoms with van der Waals surface area (Å²) in [5.74, 6) is 0. The summed E-state index contributed by atoms with van der Waals surface area (Å²) in [7, 11) is 0. The van der Waals surface area contributed by atoms with Crippen LogP contribution in [0.2, 0.25) is 0 Å². The molecule has 1 N–H and O–H groups in total. The van der Waals surface area contributed by atoms with Crippen LogP contribution in [0, 0.1) is 0 Å². The molecule has 0 aromatic heterocycles. The van der Waals surface area contributed by atoms with E-state index in [4.69, 9.17) is 0 Å². The van der Waals surface area contributed by atoms with Crippen LogP contribution in [0.3, 0.4) is 0 Å². The Balaban J connectivity index is 1.54. The average molecular weight is 245 g/mol.